The predicted octanol–water partition coefficient (Wildman–Crippen LogP) is 3.51. The molecule has 2 aromatic rings. The van der Waals surface area contributed by atoms with E-state index in [1.54, 1.807) is 11.3 Å². The Morgan fingerprint density at radius 3 is 3.00 bits per heavy atom. The molecule has 0 radical (unpaired) electrons. The van der Waals surface area contributed by atoms with Gasteiger partial charge < -0.3 is 5.32 Å². The number of nitrogens with one attached hydrogen (secondary N) is 1. The lowest BCUT2D eigenvalue weighted by molar-refractivity contribution is 0.815. The maximum Gasteiger partial charge on any atom is 0.0797 e. The molecule has 0 amide bonds. The molecule has 1 heterocycles. The number of benzene rings is 1. The maximum atomic E-state index is 4.28. The number of hydrogen-bond acceptors (Lipinski definition) is 4. The standard InChI is InChI=1S/C14H18N2S2/c1-11-14(18-10-16-11)6-7-17-13-5-3-4-12(8-13)9-15-2/h3-5,8,10,15H,6-7,9H2,1-2H3. The van der Waals surface area contributed by atoms with Crippen LogP contribution in [0.3, 0.4) is 0 Å². The van der Waals surface area contributed by atoms with E-state index in [2.05, 4.69) is 41.5 Å². The maximum absolute atomic E-state index is 4.28. The van der Waals surface area contributed by atoms with Gasteiger partial charge in [-0.25, -0.2) is 4.98 Å². The van der Waals surface area contributed by atoms with Crippen LogP contribution in [0.4, 0.5) is 0 Å². The van der Waals surface area contributed by atoms with Crippen molar-refractivity contribution >= 4 is 23.1 Å². The first kappa shape index (κ1) is 13.6. The van der Waals surface area contributed by atoms with E-state index >= 15 is 0 Å². The first-order valence-corrected chi connectivity index (χ1v) is 7.91. The lowest BCUT2D eigenvalue weighted by Gasteiger charge is -2.04. The lowest BCUT2D eigenvalue weighted by atomic mass is 10.2. The van der Waals surface area contributed by atoms with Crippen LogP contribution < -0.4 is 5.32 Å². The largest absolute Gasteiger partial charge is 0.316 e. The molecule has 0 spiro atoms. The Hall–Kier alpha value is -0.840. The molecule has 1 N–H and O–H groups in total. The SMILES string of the molecule is CNCc1cccc(SCCc2scnc2C)c1. The molecule has 2 rings (SSSR count). The van der Waals surface area contributed by atoms with Gasteiger partial charge in [-0.3, -0.25) is 0 Å². The Kier molecular flexibility index (Phi) is 5.23. The van der Waals surface area contributed by atoms with Crippen molar-refractivity contribution in [2.45, 2.75) is 24.8 Å². The summed E-state index contributed by atoms with van der Waals surface area (Å²) in [6.45, 7) is 3.02. The normalized spacial score (nSPS) is 10.8. The summed E-state index contributed by atoms with van der Waals surface area (Å²) in [6.07, 6.45) is 1.11. The summed E-state index contributed by atoms with van der Waals surface area (Å²) in [6, 6.07) is 8.74. The van der Waals surface area contributed by atoms with Crippen molar-refractivity contribution < 1.29 is 0 Å². The molecule has 0 unspecified atom stereocenters. The molecule has 18 heavy (non-hydrogen) atoms. The number of aromatic nitrogens is 1. The summed E-state index contributed by atoms with van der Waals surface area (Å²) in [5.41, 5.74) is 4.46. The number of nitrogens with zero attached hydrogens (tertiary/aromatic N) is 1. The highest BCUT2D eigenvalue weighted by atomic mass is 32.2. The van der Waals surface area contributed by atoms with E-state index in [4.69, 9.17) is 0 Å². The van der Waals surface area contributed by atoms with Gasteiger partial charge in [0.25, 0.3) is 0 Å². The molecule has 96 valence electrons. The zero-order valence-electron chi connectivity index (χ0n) is 10.8. The third-order valence-corrected chi connectivity index (χ3v) is 4.71. The van der Waals surface area contributed by atoms with Gasteiger partial charge in [0.2, 0.25) is 0 Å². The van der Waals surface area contributed by atoms with Gasteiger partial charge in [-0.2, -0.15) is 0 Å². The van der Waals surface area contributed by atoms with Crippen LogP contribution in [0.2, 0.25) is 0 Å². The van der Waals surface area contributed by atoms with Gasteiger partial charge in [0.15, 0.2) is 0 Å². The second-order valence-electron chi connectivity index (χ2n) is 4.14. The zero-order valence-corrected chi connectivity index (χ0v) is 12.4. The van der Waals surface area contributed by atoms with Crippen LogP contribution in [0.15, 0.2) is 34.7 Å². The Morgan fingerprint density at radius 2 is 2.28 bits per heavy atom. The fourth-order valence-corrected chi connectivity index (χ4v) is 3.64. The second kappa shape index (κ2) is 6.92. The number of rotatable bonds is 6. The van der Waals surface area contributed by atoms with E-state index in [1.165, 1.54) is 21.0 Å². The number of aryl methyl sites for hydroxylation is 2. The Morgan fingerprint density at radius 1 is 1.39 bits per heavy atom. The van der Waals surface area contributed by atoms with E-state index in [0.29, 0.717) is 0 Å². The number of thioether (sulfide) groups is 1. The van der Waals surface area contributed by atoms with Gasteiger partial charge in [0, 0.05) is 22.1 Å². The molecule has 0 saturated heterocycles. The minimum Gasteiger partial charge on any atom is -0.316 e. The Balaban J connectivity index is 1.86. The molecular weight excluding hydrogens is 260 g/mol. The fraction of sp³-hybridized carbons (Fsp3) is 0.357. The molecule has 0 bridgehead atoms. The number of thiazole rings is 1. The summed E-state index contributed by atoms with van der Waals surface area (Å²) >= 11 is 3.68. The Labute approximate surface area is 117 Å². The van der Waals surface area contributed by atoms with Crippen LogP contribution >= 0.6 is 23.1 Å². The average molecular weight is 278 g/mol. The van der Waals surface area contributed by atoms with Crippen LogP contribution in [-0.2, 0) is 13.0 Å². The zero-order chi connectivity index (χ0) is 12.8. The predicted molar refractivity (Wildman–Crippen MR) is 80.5 cm³/mol. The van der Waals surface area contributed by atoms with Gasteiger partial charge >= 0.3 is 0 Å². The van der Waals surface area contributed by atoms with Gasteiger partial charge in [-0.1, -0.05) is 12.1 Å². The Bertz CT molecular complexity index is 494. The second-order valence-corrected chi connectivity index (χ2v) is 6.24. The molecule has 0 aliphatic rings. The molecule has 4 heteroatoms. The molecule has 0 saturated carbocycles. The van der Waals surface area contributed by atoms with E-state index in [9.17, 15) is 0 Å². The summed E-state index contributed by atoms with van der Waals surface area (Å²) in [7, 11) is 1.98. The minimum atomic E-state index is 0.933. The van der Waals surface area contributed by atoms with E-state index < -0.39 is 0 Å². The van der Waals surface area contributed by atoms with Crippen molar-refractivity contribution in [2.75, 3.05) is 12.8 Å². The highest BCUT2D eigenvalue weighted by Gasteiger charge is 2.02. The summed E-state index contributed by atoms with van der Waals surface area (Å²) in [5.74, 6) is 1.12. The molecule has 0 atom stereocenters. The molecule has 0 fully saturated rings. The van der Waals surface area contributed by atoms with Crippen molar-refractivity contribution in [2.24, 2.45) is 0 Å². The molecule has 1 aromatic carbocycles. The summed E-state index contributed by atoms with van der Waals surface area (Å²) in [4.78, 5) is 7.04. The lowest BCUT2D eigenvalue weighted by Crippen LogP contribution is -2.04. The van der Waals surface area contributed by atoms with Gasteiger partial charge in [-0.15, -0.1) is 23.1 Å². The third-order valence-electron chi connectivity index (χ3n) is 2.72. The highest BCUT2D eigenvalue weighted by molar-refractivity contribution is 7.99. The molecular formula is C14H18N2S2. The fourth-order valence-electron chi connectivity index (χ4n) is 1.78. The van der Waals surface area contributed by atoms with E-state index in [-0.39, 0.29) is 0 Å². The topological polar surface area (TPSA) is 24.9 Å². The minimum absolute atomic E-state index is 0.933. The molecule has 2 nitrogen and oxygen atoms in total. The first-order valence-electron chi connectivity index (χ1n) is 6.05. The van der Waals surface area contributed by atoms with E-state index in [0.717, 1.165) is 18.7 Å². The summed E-state index contributed by atoms with van der Waals surface area (Å²) in [5, 5.41) is 3.18. The highest BCUT2D eigenvalue weighted by Crippen LogP contribution is 2.22. The van der Waals surface area contributed by atoms with Gasteiger partial charge in [0.05, 0.1) is 11.2 Å². The van der Waals surface area contributed by atoms with Crippen molar-refractivity contribution in [1.82, 2.24) is 10.3 Å². The van der Waals surface area contributed by atoms with Crippen molar-refractivity contribution in [3.63, 3.8) is 0 Å². The first-order chi connectivity index (χ1) is 8.79. The molecule has 0 aliphatic heterocycles. The van der Waals surface area contributed by atoms with Crippen LogP contribution in [-0.4, -0.2) is 17.8 Å². The van der Waals surface area contributed by atoms with Crippen LogP contribution in [0.25, 0.3) is 0 Å². The van der Waals surface area contributed by atoms with E-state index in [1.807, 2.05) is 24.3 Å². The smallest absolute Gasteiger partial charge is 0.0797 e. The van der Waals surface area contributed by atoms with Crippen LogP contribution in [0, 0.1) is 6.92 Å². The van der Waals surface area contributed by atoms with Crippen molar-refractivity contribution in [1.29, 1.82) is 0 Å². The average Bonchev–Trinajstić information content (AvgIpc) is 2.76. The number of hydrogen-bond donors (Lipinski definition) is 1. The molecule has 0 aliphatic carbocycles. The third kappa shape index (κ3) is 3.83. The van der Waals surface area contributed by atoms with Crippen molar-refractivity contribution in [3.05, 3.63) is 45.9 Å². The van der Waals surface area contributed by atoms with Crippen LogP contribution in [0.1, 0.15) is 16.1 Å². The summed E-state index contributed by atoms with van der Waals surface area (Å²) < 4.78 is 0. The van der Waals surface area contributed by atoms with Gasteiger partial charge in [-0.05, 0) is 38.1 Å². The van der Waals surface area contributed by atoms with Crippen LogP contribution in [0.5, 0.6) is 0 Å². The van der Waals surface area contributed by atoms with Crippen molar-refractivity contribution in [3.8, 4) is 0 Å². The quantitative estimate of drug-likeness (QED) is 0.819. The molecule has 1 aromatic heterocycles. The van der Waals surface area contributed by atoms with Gasteiger partial charge in [0.1, 0.15) is 0 Å². The monoisotopic (exact) mass is 278 g/mol.